The number of hydrogen-bond acceptors (Lipinski definition) is 1. The van der Waals surface area contributed by atoms with Crippen molar-refractivity contribution in [2.75, 3.05) is 6.61 Å². The summed E-state index contributed by atoms with van der Waals surface area (Å²) in [6, 6.07) is 0. The molecule has 16 heavy (non-hydrogen) atoms. The molecule has 0 spiro atoms. The van der Waals surface area contributed by atoms with Crippen LogP contribution in [0.15, 0.2) is 12.2 Å². The van der Waals surface area contributed by atoms with E-state index in [2.05, 4.69) is 26.0 Å². The van der Waals surface area contributed by atoms with E-state index in [1.807, 2.05) is 0 Å². The van der Waals surface area contributed by atoms with Gasteiger partial charge >= 0.3 is 0 Å². The van der Waals surface area contributed by atoms with Gasteiger partial charge in [-0.2, -0.15) is 0 Å². The maximum absolute atomic E-state index is 6.09. The van der Waals surface area contributed by atoms with Crippen LogP contribution < -0.4 is 0 Å². The summed E-state index contributed by atoms with van der Waals surface area (Å²) in [6.45, 7) is 5.72. The van der Waals surface area contributed by atoms with Crippen LogP contribution in [0.4, 0.5) is 0 Å². The molecule has 1 heteroatoms. The highest BCUT2D eigenvalue weighted by atomic mass is 16.5. The summed E-state index contributed by atoms with van der Waals surface area (Å²) in [5.74, 6) is 4.29. The Hall–Kier alpha value is -0.300. The van der Waals surface area contributed by atoms with Crippen molar-refractivity contribution in [3.05, 3.63) is 12.2 Å². The normalized spacial score (nSPS) is 51.9. The first kappa shape index (κ1) is 10.8. The molecule has 0 aromatic heterocycles. The molecule has 1 nitrogen and oxygen atoms in total. The van der Waals surface area contributed by atoms with Gasteiger partial charge in [-0.05, 0) is 55.8 Å². The third-order valence-electron chi connectivity index (χ3n) is 5.23. The molecule has 2 aliphatic carbocycles. The van der Waals surface area contributed by atoms with E-state index < -0.39 is 0 Å². The van der Waals surface area contributed by atoms with Gasteiger partial charge in [0.25, 0.3) is 0 Å². The van der Waals surface area contributed by atoms with E-state index in [-0.39, 0.29) is 0 Å². The van der Waals surface area contributed by atoms with Crippen LogP contribution in [0, 0.1) is 29.6 Å². The van der Waals surface area contributed by atoms with E-state index in [4.69, 9.17) is 4.74 Å². The lowest BCUT2D eigenvalue weighted by atomic mass is 9.67. The molecule has 1 saturated heterocycles. The number of fused-ring (bicyclic) bond motifs is 3. The van der Waals surface area contributed by atoms with Crippen LogP contribution in [0.3, 0.4) is 0 Å². The molecule has 2 fully saturated rings. The van der Waals surface area contributed by atoms with Gasteiger partial charge in [0, 0.05) is 0 Å². The van der Waals surface area contributed by atoms with Gasteiger partial charge in [0.15, 0.2) is 0 Å². The Morgan fingerprint density at radius 1 is 1.12 bits per heavy atom. The van der Waals surface area contributed by atoms with Gasteiger partial charge in [-0.1, -0.05) is 25.5 Å². The van der Waals surface area contributed by atoms with Crippen molar-refractivity contribution in [3.8, 4) is 0 Å². The standard InChI is InChI=1S/C15H24O/c1-10-6-7-14-12(8-10)9-16-11(2)13-4-3-5-15(13)14/h3,5,10-15H,4,6-9H2,1-2H3. The smallest absolute Gasteiger partial charge is 0.0583 e. The molecule has 0 aromatic carbocycles. The molecule has 0 amide bonds. The van der Waals surface area contributed by atoms with Crippen LogP contribution in [0.5, 0.6) is 0 Å². The fourth-order valence-corrected chi connectivity index (χ4v) is 4.28. The summed E-state index contributed by atoms with van der Waals surface area (Å²) in [7, 11) is 0. The van der Waals surface area contributed by atoms with Crippen molar-refractivity contribution in [1.29, 1.82) is 0 Å². The molecule has 1 aliphatic heterocycles. The third kappa shape index (κ3) is 1.73. The van der Waals surface area contributed by atoms with Crippen LogP contribution >= 0.6 is 0 Å². The second-order valence-electron chi connectivity index (χ2n) is 6.29. The van der Waals surface area contributed by atoms with Crippen molar-refractivity contribution >= 4 is 0 Å². The van der Waals surface area contributed by atoms with Gasteiger partial charge < -0.3 is 4.74 Å². The van der Waals surface area contributed by atoms with Crippen LogP contribution in [0.2, 0.25) is 0 Å². The first-order valence-corrected chi connectivity index (χ1v) is 7.04. The molecule has 0 radical (unpaired) electrons. The summed E-state index contributed by atoms with van der Waals surface area (Å²) >= 11 is 0. The minimum absolute atomic E-state index is 0.473. The monoisotopic (exact) mass is 220 g/mol. The maximum atomic E-state index is 6.09. The van der Waals surface area contributed by atoms with Gasteiger partial charge in [-0.25, -0.2) is 0 Å². The van der Waals surface area contributed by atoms with Crippen molar-refractivity contribution in [2.24, 2.45) is 29.6 Å². The predicted molar refractivity (Wildman–Crippen MR) is 66.1 cm³/mol. The Balaban J connectivity index is 1.82. The van der Waals surface area contributed by atoms with E-state index in [9.17, 15) is 0 Å². The van der Waals surface area contributed by atoms with Crippen LogP contribution in [0.1, 0.15) is 39.5 Å². The molecule has 1 saturated carbocycles. The topological polar surface area (TPSA) is 9.23 Å². The zero-order valence-corrected chi connectivity index (χ0v) is 10.6. The van der Waals surface area contributed by atoms with E-state index in [1.165, 1.54) is 25.7 Å². The van der Waals surface area contributed by atoms with Crippen molar-refractivity contribution < 1.29 is 4.74 Å². The Morgan fingerprint density at radius 3 is 2.88 bits per heavy atom. The highest BCUT2D eigenvalue weighted by Gasteiger charge is 2.42. The molecule has 3 aliphatic rings. The average molecular weight is 220 g/mol. The quantitative estimate of drug-likeness (QED) is 0.566. The zero-order chi connectivity index (χ0) is 11.1. The third-order valence-corrected chi connectivity index (χ3v) is 5.23. The minimum atomic E-state index is 0.473. The van der Waals surface area contributed by atoms with Crippen molar-refractivity contribution in [1.82, 2.24) is 0 Å². The van der Waals surface area contributed by atoms with Crippen LogP contribution in [0.25, 0.3) is 0 Å². The summed E-state index contributed by atoms with van der Waals surface area (Å²) in [6.07, 6.45) is 10.9. The molecule has 3 rings (SSSR count). The molecule has 90 valence electrons. The van der Waals surface area contributed by atoms with E-state index in [0.29, 0.717) is 6.10 Å². The van der Waals surface area contributed by atoms with Gasteiger partial charge in [0.05, 0.1) is 12.7 Å². The number of ether oxygens (including phenoxy) is 1. The fraction of sp³-hybridized carbons (Fsp3) is 0.867. The molecule has 0 aromatic rings. The first-order chi connectivity index (χ1) is 7.75. The van der Waals surface area contributed by atoms with Gasteiger partial charge in [0.1, 0.15) is 0 Å². The largest absolute Gasteiger partial charge is 0.378 e. The van der Waals surface area contributed by atoms with Gasteiger partial charge in [-0.15, -0.1) is 0 Å². The molecular weight excluding hydrogens is 196 g/mol. The maximum Gasteiger partial charge on any atom is 0.0583 e. The molecule has 0 N–H and O–H groups in total. The number of hydrogen-bond donors (Lipinski definition) is 0. The van der Waals surface area contributed by atoms with E-state index >= 15 is 0 Å². The van der Waals surface area contributed by atoms with Crippen LogP contribution in [-0.2, 0) is 4.74 Å². The molecule has 6 atom stereocenters. The highest BCUT2D eigenvalue weighted by molar-refractivity contribution is 5.07. The fourth-order valence-electron chi connectivity index (χ4n) is 4.28. The zero-order valence-electron chi connectivity index (χ0n) is 10.6. The second-order valence-corrected chi connectivity index (χ2v) is 6.29. The Morgan fingerprint density at radius 2 is 2.00 bits per heavy atom. The first-order valence-electron chi connectivity index (χ1n) is 7.04. The summed E-state index contributed by atoms with van der Waals surface area (Å²) < 4.78 is 6.09. The minimum Gasteiger partial charge on any atom is -0.378 e. The van der Waals surface area contributed by atoms with Crippen molar-refractivity contribution in [3.63, 3.8) is 0 Å². The second kappa shape index (κ2) is 4.18. The van der Waals surface area contributed by atoms with Crippen molar-refractivity contribution in [2.45, 2.75) is 45.6 Å². The van der Waals surface area contributed by atoms with Gasteiger partial charge in [-0.3, -0.25) is 0 Å². The lowest BCUT2D eigenvalue weighted by Crippen LogP contribution is -2.31. The molecule has 0 bridgehead atoms. The Labute approximate surface area is 99.3 Å². The average Bonchev–Trinajstić information content (AvgIpc) is 2.70. The Kier molecular flexibility index (Phi) is 2.83. The lowest BCUT2D eigenvalue weighted by molar-refractivity contribution is 0.0159. The Bertz CT molecular complexity index is 283. The van der Waals surface area contributed by atoms with Gasteiger partial charge in [0.2, 0.25) is 0 Å². The van der Waals surface area contributed by atoms with E-state index in [0.717, 1.165) is 36.2 Å². The number of rotatable bonds is 0. The molecule has 6 unspecified atom stereocenters. The molecular formula is C15H24O. The number of allylic oxidation sites excluding steroid dienone is 2. The predicted octanol–water partition coefficient (Wildman–Crippen LogP) is 3.65. The van der Waals surface area contributed by atoms with Crippen LogP contribution in [-0.4, -0.2) is 12.7 Å². The SMILES string of the molecule is CC1CCC2C(COC(C)C3CC=CC23)C1. The lowest BCUT2D eigenvalue weighted by Gasteiger charge is -2.37. The summed E-state index contributed by atoms with van der Waals surface area (Å²) in [5.41, 5.74) is 0. The highest BCUT2D eigenvalue weighted by Crippen LogP contribution is 2.47. The summed E-state index contributed by atoms with van der Waals surface area (Å²) in [4.78, 5) is 0. The summed E-state index contributed by atoms with van der Waals surface area (Å²) in [5, 5.41) is 0. The van der Waals surface area contributed by atoms with E-state index in [1.54, 1.807) is 0 Å². The molecule has 1 heterocycles.